The molecule has 0 atom stereocenters. The summed E-state index contributed by atoms with van der Waals surface area (Å²) in [6, 6.07) is 8.72. The van der Waals surface area contributed by atoms with Crippen molar-refractivity contribution in [1.29, 1.82) is 0 Å². The van der Waals surface area contributed by atoms with Gasteiger partial charge in [0.25, 0.3) is 0 Å². The molecule has 1 nitrogen and oxygen atoms in total. The monoisotopic (exact) mass is 245 g/mol. The predicted molar refractivity (Wildman–Crippen MR) is 75.7 cm³/mol. The van der Waals surface area contributed by atoms with Crippen molar-refractivity contribution in [3.05, 3.63) is 40.9 Å². The highest BCUT2D eigenvalue weighted by atomic mass is 32.1. The zero-order chi connectivity index (χ0) is 12.4. The Morgan fingerprint density at radius 2 is 1.82 bits per heavy atom. The van der Waals surface area contributed by atoms with E-state index in [-0.39, 0.29) is 0 Å². The van der Waals surface area contributed by atoms with Crippen molar-refractivity contribution in [3.63, 3.8) is 0 Å². The number of hydrogen-bond donors (Lipinski definition) is 0. The second-order valence-corrected chi connectivity index (χ2v) is 6.06. The van der Waals surface area contributed by atoms with Gasteiger partial charge in [-0.25, -0.2) is 4.98 Å². The lowest BCUT2D eigenvalue weighted by atomic mass is 10.0. The quantitative estimate of drug-likeness (QED) is 0.736. The van der Waals surface area contributed by atoms with Gasteiger partial charge in [0.15, 0.2) is 0 Å². The molecule has 0 aliphatic heterocycles. The van der Waals surface area contributed by atoms with Crippen LogP contribution in [0.5, 0.6) is 0 Å². The minimum absolute atomic E-state index is 0.564. The lowest BCUT2D eigenvalue weighted by Crippen LogP contribution is -1.87. The molecule has 0 aliphatic carbocycles. The molecule has 0 fully saturated rings. The smallest absolute Gasteiger partial charge is 0.123 e. The Morgan fingerprint density at radius 1 is 1.06 bits per heavy atom. The first kappa shape index (κ1) is 12.3. The molecular formula is C15H19NS. The van der Waals surface area contributed by atoms with E-state index in [1.807, 2.05) is 6.20 Å². The third kappa shape index (κ3) is 2.75. The summed E-state index contributed by atoms with van der Waals surface area (Å²) in [7, 11) is 0. The molecule has 17 heavy (non-hydrogen) atoms. The van der Waals surface area contributed by atoms with E-state index >= 15 is 0 Å². The first-order chi connectivity index (χ1) is 8.08. The molecule has 2 heteroatoms. The van der Waals surface area contributed by atoms with Crippen LogP contribution < -0.4 is 0 Å². The molecule has 0 amide bonds. The number of rotatable bonds is 3. The summed E-state index contributed by atoms with van der Waals surface area (Å²) >= 11 is 1.80. The van der Waals surface area contributed by atoms with E-state index < -0.39 is 0 Å². The molecule has 2 aromatic rings. The van der Waals surface area contributed by atoms with Gasteiger partial charge in [0.1, 0.15) is 5.01 Å². The lowest BCUT2D eigenvalue weighted by Gasteiger charge is -2.06. The molecule has 2 rings (SSSR count). The molecule has 0 N–H and O–H groups in total. The Morgan fingerprint density at radius 3 is 2.41 bits per heavy atom. The van der Waals surface area contributed by atoms with Gasteiger partial charge >= 0.3 is 0 Å². The maximum atomic E-state index is 4.53. The summed E-state index contributed by atoms with van der Waals surface area (Å²) in [4.78, 5) is 5.88. The second kappa shape index (κ2) is 5.01. The van der Waals surface area contributed by atoms with Crippen LogP contribution in [0.25, 0.3) is 10.6 Å². The van der Waals surface area contributed by atoms with Crippen molar-refractivity contribution < 1.29 is 0 Å². The van der Waals surface area contributed by atoms with Crippen LogP contribution in [0.1, 0.15) is 50.0 Å². The molecule has 1 heterocycles. The number of nitrogens with zero attached hydrogens (tertiary/aromatic N) is 1. The molecule has 0 saturated heterocycles. The Balaban J connectivity index is 2.35. The minimum atomic E-state index is 0.564. The van der Waals surface area contributed by atoms with Crippen molar-refractivity contribution in [1.82, 2.24) is 4.98 Å². The Hall–Kier alpha value is -1.15. The fourth-order valence-electron chi connectivity index (χ4n) is 1.72. The Bertz CT molecular complexity index is 497. The van der Waals surface area contributed by atoms with Gasteiger partial charge in [-0.2, -0.15) is 0 Å². The zero-order valence-electron chi connectivity index (χ0n) is 10.9. The highest BCUT2D eigenvalue weighted by Gasteiger charge is 2.08. The molecule has 1 aromatic heterocycles. The molecule has 0 saturated carbocycles. The van der Waals surface area contributed by atoms with Crippen LogP contribution >= 0.6 is 11.3 Å². The first-order valence-electron chi connectivity index (χ1n) is 6.14. The van der Waals surface area contributed by atoms with Gasteiger partial charge in [-0.3, -0.25) is 0 Å². The molecule has 0 spiro atoms. The maximum Gasteiger partial charge on any atom is 0.123 e. The van der Waals surface area contributed by atoms with Gasteiger partial charge in [-0.1, -0.05) is 45.9 Å². The molecule has 0 bridgehead atoms. The van der Waals surface area contributed by atoms with Crippen LogP contribution in [0.4, 0.5) is 0 Å². The molecule has 0 unspecified atom stereocenters. The fraction of sp³-hybridized carbons (Fsp3) is 0.400. The van der Waals surface area contributed by atoms with Crippen molar-refractivity contribution in [2.75, 3.05) is 0 Å². The first-order valence-corrected chi connectivity index (χ1v) is 6.95. The highest BCUT2D eigenvalue weighted by molar-refractivity contribution is 7.15. The van der Waals surface area contributed by atoms with Gasteiger partial charge in [0.2, 0.25) is 0 Å². The molecule has 90 valence electrons. The van der Waals surface area contributed by atoms with Crippen LogP contribution in [0.3, 0.4) is 0 Å². The topological polar surface area (TPSA) is 12.9 Å². The van der Waals surface area contributed by atoms with E-state index in [2.05, 4.69) is 56.9 Å². The lowest BCUT2D eigenvalue weighted by molar-refractivity contribution is 0.867. The molecular weight excluding hydrogens is 226 g/mol. The van der Waals surface area contributed by atoms with Crippen molar-refractivity contribution in [3.8, 4) is 10.6 Å². The van der Waals surface area contributed by atoms with Crippen molar-refractivity contribution in [2.45, 2.75) is 39.5 Å². The van der Waals surface area contributed by atoms with E-state index in [0.717, 1.165) is 5.01 Å². The minimum Gasteiger partial charge on any atom is -0.244 e. The summed E-state index contributed by atoms with van der Waals surface area (Å²) in [5.74, 6) is 1.13. The van der Waals surface area contributed by atoms with E-state index in [1.165, 1.54) is 16.0 Å². The van der Waals surface area contributed by atoms with Crippen LogP contribution in [-0.2, 0) is 0 Å². The van der Waals surface area contributed by atoms with E-state index in [4.69, 9.17) is 0 Å². The standard InChI is InChI=1S/C15H19NS/c1-10(2)12-6-5-7-13(8-12)15-16-9-14(17-15)11(3)4/h5-11H,1-4H3. The average molecular weight is 245 g/mol. The highest BCUT2D eigenvalue weighted by Crippen LogP contribution is 2.30. The van der Waals surface area contributed by atoms with E-state index in [1.54, 1.807) is 11.3 Å². The third-order valence-corrected chi connectivity index (χ3v) is 4.24. The normalized spacial score (nSPS) is 11.4. The van der Waals surface area contributed by atoms with E-state index in [0.29, 0.717) is 11.8 Å². The van der Waals surface area contributed by atoms with Gasteiger partial charge in [0.05, 0.1) is 0 Å². The van der Waals surface area contributed by atoms with Gasteiger partial charge in [-0.15, -0.1) is 11.3 Å². The van der Waals surface area contributed by atoms with Crippen molar-refractivity contribution >= 4 is 11.3 Å². The summed E-state index contributed by atoms with van der Waals surface area (Å²) < 4.78 is 0. The Labute approximate surface area is 108 Å². The van der Waals surface area contributed by atoms with Gasteiger partial charge in [-0.05, 0) is 23.5 Å². The van der Waals surface area contributed by atoms with Crippen LogP contribution in [0.2, 0.25) is 0 Å². The van der Waals surface area contributed by atoms with Crippen molar-refractivity contribution in [2.24, 2.45) is 0 Å². The molecule has 0 radical (unpaired) electrons. The van der Waals surface area contributed by atoms with Crippen LogP contribution in [0.15, 0.2) is 30.5 Å². The predicted octanol–water partition coefficient (Wildman–Crippen LogP) is 5.06. The number of aromatic nitrogens is 1. The maximum absolute atomic E-state index is 4.53. The number of thiazole rings is 1. The number of benzene rings is 1. The van der Waals surface area contributed by atoms with E-state index in [9.17, 15) is 0 Å². The second-order valence-electron chi connectivity index (χ2n) is 5.00. The summed E-state index contributed by atoms with van der Waals surface area (Å²) in [5.41, 5.74) is 2.62. The largest absolute Gasteiger partial charge is 0.244 e. The molecule has 0 aliphatic rings. The van der Waals surface area contributed by atoms with Gasteiger partial charge in [0, 0.05) is 16.6 Å². The summed E-state index contributed by atoms with van der Waals surface area (Å²) in [5, 5.41) is 1.14. The van der Waals surface area contributed by atoms with Gasteiger partial charge < -0.3 is 0 Å². The third-order valence-electron chi connectivity index (χ3n) is 2.89. The Kier molecular flexibility index (Phi) is 3.63. The van der Waals surface area contributed by atoms with Crippen LogP contribution in [-0.4, -0.2) is 4.98 Å². The SMILES string of the molecule is CC(C)c1cccc(-c2ncc(C(C)C)s2)c1. The summed E-state index contributed by atoms with van der Waals surface area (Å²) in [6.45, 7) is 8.87. The number of hydrogen-bond acceptors (Lipinski definition) is 2. The fourth-order valence-corrected chi connectivity index (χ4v) is 2.63. The average Bonchev–Trinajstić information content (AvgIpc) is 2.78. The van der Waals surface area contributed by atoms with Crippen LogP contribution in [0, 0.1) is 0 Å². The summed E-state index contributed by atoms with van der Waals surface area (Å²) in [6.07, 6.45) is 2.01. The zero-order valence-corrected chi connectivity index (χ0v) is 11.7. The molecule has 1 aromatic carbocycles.